The second kappa shape index (κ2) is 22.7. The molecule has 0 saturated heterocycles. The maximum absolute atomic E-state index is 12.6. The van der Waals surface area contributed by atoms with Crippen molar-refractivity contribution < 1.29 is 46.8 Å². The Balaban J connectivity index is 0.000000227. The van der Waals surface area contributed by atoms with Crippen LogP contribution >= 0.6 is 63.7 Å². The van der Waals surface area contributed by atoms with Gasteiger partial charge in [-0.1, -0.05) is 108 Å². The Morgan fingerprint density at radius 3 is 1.14 bits per heavy atom. The summed E-state index contributed by atoms with van der Waals surface area (Å²) < 4.78 is 136. The lowest BCUT2D eigenvalue weighted by atomic mass is 10.0. The maximum atomic E-state index is 12.6. The normalized spacial score (nSPS) is 15.8. The molecule has 0 aliphatic heterocycles. The third-order valence-corrected chi connectivity index (χ3v) is 21.8. The van der Waals surface area contributed by atoms with Crippen LogP contribution < -0.4 is 0 Å². The largest absolute Gasteiger partial charge is 0.416 e. The Labute approximate surface area is 412 Å². The van der Waals surface area contributed by atoms with E-state index < -0.39 is 60.6 Å². The van der Waals surface area contributed by atoms with Crippen LogP contribution in [0.2, 0.25) is 0 Å². The fourth-order valence-electron chi connectivity index (χ4n) is 6.69. The fraction of sp³-hybridized carbons (Fsp3) is 0.467. The summed E-state index contributed by atoms with van der Waals surface area (Å²) in [6, 6.07) is 21.9. The Bertz CT molecular complexity index is 2660. The van der Waals surface area contributed by atoms with Crippen LogP contribution in [0.5, 0.6) is 0 Å². The molecule has 0 spiro atoms. The Hall–Kier alpha value is -1.61. The van der Waals surface area contributed by atoms with E-state index in [1.807, 2.05) is 25.1 Å². The van der Waals surface area contributed by atoms with Crippen LogP contribution in [0.15, 0.2) is 122 Å². The summed E-state index contributed by atoms with van der Waals surface area (Å²) in [5, 5.41) is -0.331. The Morgan fingerprint density at radius 1 is 0.453 bits per heavy atom. The molecule has 6 rings (SSSR count). The van der Waals surface area contributed by atoms with Gasteiger partial charge in [-0.15, -0.1) is 0 Å². The minimum absolute atomic E-state index is 0.0835. The molecule has 4 aromatic carbocycles. The average Bonchev–Trinajstić information content (AvgIpc) is 3.74. The second-order valence-electron chi connectivity index (χ2n) is 17.5. The highest BCUT2D eigenvalue weighted by Gasteiger charge is 2.36. The summed E-state index contributed by atoms with van der Waals surface area (Å²) >= 11 is 12.8. The molecule has 0 aromatic heterocycles. The number of alkyl halides is 3. The second-order valence-corrected chi connectivity index (χ2v) is 31.1. The predicted octanol–water partition coefficient (Wildman–Crippen LogP) is 14.1. The van der Waals surface area contributed by atoms with Crippen molar-refractivity contribution in [3.8, 4) is 0 Å². The molecule has 2 fully saturated rings. The first-order chi connectivity index (χ1) is 29.2. The number of hydrogen-bond acceptors (Lipinski definition) is 8. The van der Waals surface area contributed by atoms with Crippen molar-refractivity contribution in [1.82, 2.24) is 0 Å². The SMILES string of the molecule is CC(C)(C)S(=O)(=O)c1cc(Br)cc(C(F)(F)F)c1.Cc1cc(Br)cc(S(=O)(=O)C(C)(C)C)c1.O=S(=O)(c1cccc(Br)c1)C1CCCC1.O=S(=O)(c1cccc(Br)c1)C1CCCCC1. The van der Waals surface area contributed by atoms with Crippen LogP contribution in [0.3, 0.4) is 0 Å². The van der Waals surface area contributed by atoms with Crippen LogP contribution in [0, 0.1) is 6.92 Å². The third kappa shape index (κ3) is 15.5. The van der Waals surface area contributed by atoms with Gasteiger partial charge in [0.25, 0.3) is 0 Å². The average molecular weight is 1230 g/mol. The molecular weight excluding hydrogens is 1170 g/mol. The summed E-state index contributed by atoms with van der Waals surface area (Å²) in [4.78, 5) is 0.941. The van der Waals surface area contributed by atoms with E-state index in [1.165, 1.54) is 33.3 Å². The van der Waals surface area contributed by atoms with Crippen molar-refractivity contribution in [2.75, 3.05) is 0 Å². The van der Waals surface area contributed by atoms with E-state index >= 15 is 0 Å². The molecule has 0 heterocycles. The summed E-state index contributed by atoms with van der Waals surface area (Å²) in [6.07, 6.45) is 4.01. The Kier molecular flexibility index (Phi) is 20.1. The molecule has 0 atom stereocenters. The lowest BCUT2D eigenvalue weighted by Gasteiger charge is -2.21. The lowest BCUT2D eigenvalue weighted by Crippen LogP contribution is -2.28. The molecule has 0 N–H and O–H groups in total. The van der Waals surface area contributed by atoms with Gasteiger partial charge in [-0.05, 0) is 153 Å². The zero-order valence-corrected chi connectivity index (χ0v) is 46.3. The minimum atomic E-state index is -4.58. The van der Waals surface area contributed by atoms with Crippen molar-refractivity contribution in [1.29, 1.82) is 0 Å². The summed E-state index contributed by atoms with van der Waals surface area (Å²) in [7, 11) is -13.3. The molecule has 19 heteroatoms. The van der Waals surface area contributed by atoms with Crippen molar-refractivity contribution in [3.63, 3.8) is 0 Å². The zero-order chi connectivity index (χ0) is 48.7. The van der Waals surface area contributed by atoms with Crippen molar-refractivity contribution >= 4 is 103 Å². The van der Waals surface area contributed by atoms with E-state index in [-0.39, 0.29) is 19.9 Å². The molecule has 2 aliphatic rings. The van der Waals surface area contributed by atoms with Gasteiger partial charge in [0.05, 0.1) is 45.1 Å². The number of halogens is 7. The smallest absolute Gasteiger partial charge is 0.223 e. The number of hydrogen-bond donors (Lipinski definition) is 0. The van der Waals surface area contributed by atoms with E-state index in [1.54, 1.807) is 69.3 Å². The monoisotopic (exact) mass is 1220 g/mol. The number of benzene rings is 4. The van der Waals surface area contributed by atoms with Crippen LogP contribution in [0.4, 0.5) is 13.2 Å². The van der Waals surface area contributed by atoms with Crippen LogP contribution in [-0.2, 0) is 45.5 Å². The number of aryl methyl sites for hydroxylation is 1. The highest BCUT2D eigenvalue weighted by atomic mass is 79.9. The van der Waals surface area contributed by atoms with Gasteiger partial charge >= 0.3 is 6.18 Å². The maximum Gasteiger partial charge on any atom is 0.416 e. The highest BCUT2D eigenvalue weighted by Crippen LogP contribution is 2.36. The first kappa shape index (κ1) is 56.7. The molecule has 0 amide bonds. The van der Waals surface area contributed by atoms with Crippen LogP contribution in [-0.4, -0.2) is 53.7 Å². The predicted molar refractivity (Wildman–Crippen MR) is 264 cm³/mol. The van der Waals surface area contributed by atoms with Gasteiger partial charge in [-0.2, -0.15) is 13.2 Å². The van der Waals surface area contributed by atoms with E-state index in [9.17, 15) is 46.8 Å². The van der Waals surface area contributed by atoms with Crippen LogP contribution in [0.1, 0.15) is 110 Å². The van der Waals surface area contributed by atoms with Gasteiger partial charge in [-0.25, -0.2) is 33.7 Å². The van der Waals surface area contributed by atoms with Crippen molar-refractivity contribution in [2.24, 2.45) is 0 Å². The van der Waals surface area contributed by atoms with Crippen molar-refractivity contribution in [3.05, 3.63) is 114 Å². The molecule has 64 heavy (non-hydrogen) atoms. The van der Waals surface area contributed by atoms with E-state index in [0.717, 1.165) is 76.4 Å². The lowest BCUT2D eigenvalue weighted by molar-refractivity contribution is -0.137. The molecule has 2 aliphatic carbocycles. The zero-order valence-electron chi connectivity index (χ0n) is 36.6. The van der Waals surface area contributed by atoms with Gasteiger partial charge in [0, 0.05) is 17.9 Å². The molecule has 0 radical (unpaired) electrons. The first-order valence-corrected chi connectivity index (χ1v) is 29.6. The molecular formula is C45H55Br4F3O8S4. The quantitative estimate of drug-likeness (QED) is 0.186. The number of sulfone groups is 4. The summed E-state index contributed by atoms with van der Waals surface area (Å²) in [5.74, 6) is 0. The van der Waals surface area contributed by atoms with Gasteiger partial charge in [0.15, 0.2) is 39.3 Å². The van der Waals surface area contributed by atoms with Crippen LogP contribution in [0.25, 0.3) is 0 Å². The molecule has 356 valence electrons. The summed E-state index contributed by atoms with van der Waals surface area (Å²) in [6.45, 7) is 11.3. The number of rotatable bonds is 6. The summed E-state index contributed by atoms with van der Waals surface area (Å²) in [5.41, 5.74) is -0.0492. The first-order valence-electron chi connectivity index (χ1n) is 20.3. The molecule has 8 nitrogen and oxygen atoms in total. The topological polar surface area (TPSA) is 137 Å². The van der Waals surface area contributed by atoms with E-state index in [2.05, 4.69) is 63.7 Å². The molecule has 0 unspecified atom stereocenters. The van der Waals surface area contributed by atoms with Gasteiger partial charge in [0.1, 0.15) is 0 Å². The highest BCUT2D eigenvalue weighted by molar-refractivity contribution is 9.11. The van der Waals surface area contributed by atoms with Crippen molar-refractivity contribution in [2.45, 2.75) is 152 Å². The minimum Gasteiger partial charge on any atom is -0.223 e. The molecule has 2 saturated carbocycles. The Morgan fingerprint density at radius 2 is 0.797 bits per heavy atom. The van der Waals surface area contributed by atoms with Gasteiger partial charge < -0.3 is 0 Å². The van der Waals surface area contributed by atoms with E-state index in [4.69, 9.17) is 0 Å². The standard InChI is InChI=1S/C12H15BrO2S.C11H12BrF3O2S.C11H13BrO2S.C11H15BrO2S/c13-10-5-4-8-12(9-10)16(14,15)11-6-2-1-3-7-11;1-10(2,3)18(16,17)9-5-7(11(13,14)15)4-8(12)6-9;12-9-4-3-7-11(8-9)15(13,14)10-5-1-2-6-10;1-8-5-9(12)7-10(6-8)15(13,14)11(2,3)4/h4-5,8-9,11H,1-3,6-7H2;4-6H,1-3H3;3-4,7-8,10H,1-2,5-6H2;5-7H,1-4H3. The van der Waals surface area contributed by atoms with Gasteiger partial charge in [0.2, 0.25) is 0 Å². The molecule has 0 bridgehead atoms. The fourth-order valence-corrected chi connectivity index (χ4v) is 15.6. The van der Waals surface area contributed by atoms with E-state index in [0.29, 0.717) is 20.8 Å². The third-order valence-electron chi connectivity index (χ3n) is 10.4. The van der Waals surface area contributed by atoms with Gasteiger partial charge in [-0.3, -0.25) is 0 Å². The molecule has 4 aromatic rings.